The van der Waals surface area contributed by atoms with Gasteiger partial charge in [0, 0.05) is 24.4 Å². The van der Waals surface area contributed by atoms with E-state index in [1.54, 1.807) is 0 Å². The van der Waals surface area contributed by atoms with Crippen molar-refractivity contribution in [3.8, 4) is 0 Å². The van der Waals surface area contributed by atoms with Crippen molar-refractivity contribution in [2.24, 2.45) is 5.73 Å². The molecule has 1 aromatic heterocycles. The molecule has 104 valence electrons. The second kappa shape index (κ2) is 6.19. The van der Waals surface area contributed by atoms with Crippen LogP contribution in [-0.4, -0.2) is 22.4 Å². The number of rotatable bonds is 7. The molecular formula is C13H19ClN4O. The smallest absolute Gasteiger partial charge is 0.217 e. The number of nitrogens with zero attached hydrogens (tertiary/aromatic N) is 2. The molecule has 0 atom stereocenters. The Balaban J connectivity index is 1.89. The second-order valence-corrected chi connectivity index (χ2v) is 5.33. The number of carbonyl (C=O) groups is 1. The van der Waals surface area contributed by atoms with E-state index in [0.717, 1.165) is 49.4 Å². The maximum absolute atomic E-state index is 10.6. The van der Waals surface area contributed by atoms with Crippen molar-refractivity contribution < 1.29 is 4.79 Å². The van der Waals surface area contributed by atoms with Crippen LogP contribution in [0.2, 0.25) is 5.15 Å². The summed E-state index contributed by atoms with van der Waals surface area (Å²) in [6.45, 7) is 2.66. The number of halogens is 1. The number of nitrogens with two attached hydrogens (primary N) is 1. The highest BCUT2D eigenvalue weighted by Crippen LogP contribution is 2.39. The Hall–Kier alpha value is -1.36. The van der Waals surface area contributed by atoms with E-state index >= 15 is 0 Å². The molecule has 0 aromatic carbocycles. The largest absolute Gasteiger partial charge is 0.370 e. The SMILES string of the molecule is Cc1c(Cl)nc(C2CC2)nc1NCCCCC(N)=O. The van der Waals surface area contributed by atoms with Crippen LogP contribution in [0, 0.1) is 6.92 Å². The summed E-state index contributed by atoms with van der Waals surface area (Å²) in [5.41, 5.74) is 5.97. The molecule has 6 heteroatoms. The molecular weight excluding hydrogens is 264 g/mol. The maximum Gasteiger partial charge on any atom is 0.217 e. The first-order chi connectivity index (χ1) is 9.08. The minimum absolute atomic E-state index is 0.253. The van der Waals surface area contributed by atoms with Gasteiger partial charge in [0.15, 0.2) is 0 Å². The fourth-order valence-electron chi connectivity index (χ4n) is 1.83. The van der Waals surface area contributed by atoms with Gasteiger partial charge in [-0.05, 0) is 32.6 Å². The third kappa shape index (κ3) is 4.06. The summed E-state index contributed by atoms with van der Waals surface area (Å²) < 4.78 is 0. The molecule has 1 fully saturated rings. The van der Waals surface area contributed by atoms with Crippen LogP contribution in [0.4, 0.5) is 5.82 Å². The number of nitrogens with one attached hydrogen (secondary N) is 1. The first-order valence-electron chi connectivity index (χ1n) is 6.64. The number of anilines is 1. The maximum atomic E-state index is 10.6. The van der Waals surface area contributed by atoms with Gasteiger partial charge in [-0.2, -0.15) is 0 Å². The average molecular weight is 283 g/mol. The monoisotopic (exact) mass is 282 g/mol. The van der Waals surface area contributed by atoms with E-state index in [1.165, 1.54) is 0 Å². The van der Waals surface area contributed by atoms with Crippen LogP contribution in [0.1, 0.15) is 49.4 Å². The number of amides is 1. The van der Waals surface area contributed by atoms with Gasteiger partial charge in [-0.1, -0.05) is 11.6 Å². The van der Waals surface area contributed by atoms with E-state index in [1.807, 2.05) is 6.92 Å². The minimum Gasteiger partial charge on any atom is -0.370 e. The highest BCUT2D eigenvalue weighted by atomic mass is 35.5. The molecule has 0 saturated heterocycles. The van der Waals surface area contributed by atoms with Crippen LogP contribution in [0.25, 0.3) is 0 Å². The zero-order valence-electron chi connectivity index (χ0n) is 11.1. The van der Waals surface area contributed by atoms with Crippen molar-refractivity contribution in [3.05, 3.63) is 16.5 Å². The van der Waals surface area contributed by atoms with Crippen molar-refractivity contribution in [2.75, 3.05) is 11.9 Å². The molecule has 5 nitrogen and oxygen atoms in total. The van der Waals surface area contributed by atoms with E-state index in [0.29, 0.717) is 17.5 Å². The minimum atomic E-state index is -0.253. The molecule has 3 N–H and O–H groups in total. The van der Waals surface area contributed by atoms with Gasteiger partial charge in [0.2, 0.25) is 5.91 Å². The van der Waals surface area contributed by atoms with Crippen LogP contribution in [0.5, 0.6) is 0 Å². The molecule has 1 aromatic rings. The van der Waals surface area contributed by atoms with Gasteiger partial charge in [0.1, 0.15) is 16.8 Å². The van der Waals surface area contributed by atoms with Crippen molar-refractivity contribution in [1.82, 2.24) is 9.97 Å². The van der Waals surface area contributed by atoms with Gasteiger partial charge in [-0.15, -0.1) is 0 Å². The Morgan fingerprint density at radius 3 is 2.79 bits per heavy atom. The normalized spacial score (nSPS) is 14.4. The molecule has 0 radical (unpaired) electrons. The van der Waals surface area contributed by atoms with Gasteiger partial charge in [-0.25, -0.2) is 9.97 Å². The Morgan fingerprint density at radius 2 is 2.16 bits per heavy atom. The van der Waals surface area contributed by atoms with E-state index in [4.69, 9.17) is 17.3 Å². The molecule has 1 aliphatic carbocycles. The number of hydrogen-bond acceptors (Lipinski definition) is 4. The summed E-state index contributed by atoms with van der Waals surface area (Å²) >= 11 is 6.12. The van der Waals surface area contributed by atoms with Crippen LogP contribution < -0.4 is 11.1 Å². The molecule has 1 saturated carbocycles. The van der Waals surface area contributed by atoms with E-state index < -0.39 is 0 Å². The molecule has 0 bridgehead atoms. The number of carbonyl (C=O) groups excluding carboxylic acids is 1. The van der Waals surface area contributed by atoms with E-state index in [2.05, 4.69) is 15.3 Å². The number of unbranched alkanes of at least 4 members (excludes halogenated alkanes) is 1. The highest BCUT2D eigenvalue weighted by molar-refractivity contribution is 6.30. The lowest BCUT2D eigenvalue weighted by atomic mass is 10.2. The quantitative estimate of drug-likeness (QED) is 0.594. The molecule has 0 spiro atoms. The first kappa shape index (κ1) is 14.1. The predicted octanol–water partition coefficient (Wildman–Crippen LogP) is 2.38. The van der Waals surface area contributed by atoms with Crippen molar-refractivity contribution in [2.45, 2.75) is 44.9 Å². The number of primary amides is 1. The highest BCUT2D eigenvalue weighted by Gasteiger charge is 2.27. The van der Waals surface area contributed by atoms with Crippen molar-refractivity contribution in [3.63, 3.8) is 0 Å². The summed E-state index contributed by atoms with van der Waals surface area (Å²) in [4.78, 5) is 19.5. The third-order valence-corrected chi connectivity index (χ3v) is 3.56. The third-order valence-electron chi connectivity index (χ3n) is 3.19. The molecule has 0 aliphatic heterocycles. The topological polar surface area (TPSA) is 80.9 Å². The zero-order chi connectivity index (χ0) is 13.8. The van der Waals surface area contributed by atoms with Gasteiger partial charge in [0.25, 0.3) is 0 Å². The Bertz CT molecular complexity index is 474. The molecule has 19 heavy (non-hydrogen) atoms. The molecule has 2 rings (SSSR count). The first-order valence-corrected chi connectivity index (χ1v) is 7.02. The number of aromatic nitrogens is 2. The van der Waals surface area contributed by atoms with Crippen LogP contribution in [-0.2, 0) is 4.79 Å². The molecule has 1 aliphatic rings. The van der Waals surface area contributed by atoms with Crippen molar-refractivity contribution >= 4 is 23.3 Å². The van der Waals surface area contributed by atoms with Gasteiger partial charge in [-0.3, -0.25) is 4.79 Å². The molecule has 1 heterocycles. The lowest BCUT2D eigenvalue weighted by molar-refractivity contribution is -0.118. The summed E-state index contributed by atoms with van der Waals surface area (Å²) in [5.74, 6) is 1.88. The summed E-state index contributed by atoms with van der Waals surface area (Å²) in [7, 11) is 0. The van der Waals surface area contributed by atoms with E-state index in [-0.39, 0.29) is 5.91 Å². The predicted molar refractivity (Wildman–Crippen MR) is 75.3 cm³/mol. The van der Waals surface area contributed by atoms with Gasteiger partial charge >= 0.3 is 0 Å². The van der Waals surface area contributed by atoms with Crippen LogP contribution >= 0.6 is 11.6 Å². The molecule has 0 unspecified atom stereocenters. The second-order valence-electron chi connectivity index (χ2n) is 4.97. The van der Waals surface area contributed by atoms with Gasteiger partial charge in [0.05, 0.1) is 0 Å². The fraction of sp³-hybridized carbons (Fsp3) is 0.615. The summed E-state index contributed by atoms with van der Waals surface area (Å²) in [6.07, 6.45) is 4.39. The van der Waals surface area contributed by atoms with Crippen LogP contribution in [0.3, 0.4) is 0 Å². The lowest BCUT2D eigenvalue weighted by Crippen LogP contribution is -2.12. The average Bonchev–Trinajstić information content (AvgIpc) is 3.17. The zero-order valence-corrected chi connectivity index (χ0v) is 11.8. The summed E-state index contributed by atoms with van der Waals surface area (Å²) in [5, 5.41) is 3.79. The Kier molecular flexibility index (Phi) is 4.58. The number of hydrogen-bond donors (Lipinski definition) is 2. The van der Waals surface area contributed by atoms with E-state index in [9.17, 15) is 4.79 Å². The van der Waals surface area contributed by atoms with Crippen molar-refractivity contribution in [1.29, 1.82) is 0 Å². The molecule has 1 amide bonds. The fourth-order valence-corrected chi connectivity index (χ4v) is 2.01. The summed E-state index contributed by atoms with van der Waals surface area (Å²) in [6, 6.07) is 0. The Morgan fingerprint density at radius 1 is 1.42 bits per heavy atom. The van der Waals surface area contributed by atoms with Crippen LogP contribution in [0.15, 0.2) is 0 Å². The standard InChI is InChI=1S/C13H19ClN4O/c1-8-11(14)17-13(9-5-6-9)18-12(8)16-7-3-2-4-10(15)19/h9H,2-7H2,1H3,(H2,15,19)(H,16,17,18). The lowest BCUT2D eigenvalue weighted by Gasteiger charge is -2.11. The Labute approximate surface area is 118 Å². The van der Waals surface area contributed by atoms with Gasteiger partial charge < -0.3 is 11.1 Å².